The number of fused-ring (bicyclic) bond motifs is 6. The molecule has 0 aliphatic heterocycles. The van der Waals surface area contributed by atoms with Gasteiger partial charge in [-0.15, -0.1) is 0 Å². The molecule has 0 atom stereocenters. The average Bonchev–Trinajstić information content (AvgIpc) is 3.52. The zero-order valence-corrected chi connectivity index (χ0v) is 28.5. The zero-order chi connectivity index (χ0) is 33.3. The summed E-state index contributed by atoms with van der Waals surface area (Å²) in [6, 6.07) is 60.5. The Labute approximate surface area is 290 Å². The van der Waals surface area contributed by atoms with E-state index in [4.69, 9.17) is 0 Å². The van der Waals surface area contributed by atoms with Crippen LogP contribution in [0.15, 0.2) is 164 Å². The topological polar surface area (TPSA) is 3.24 Å². The Morgan fingerprint density at radius 3 is 1.51 bits per heavy atom. The van der Waals surface area contributed by atoms with Crippen molar-refractivity contribution in [2.75, 3.05) is 4.90 Å². The number of benzene rings is 7. The van der Waals surface area contributed by atoms with E-state index < -0.39 is 0 Å². The van der Waals surface area contributed by atoms with Gasteiger partial charge in [-0.25, -0.2) is 0 Å². The van der Waals surface area contributed by atoms with Crippen LogP contribution in [0.25, 0.3) is 44.5 Å². The van der Waals surface area contributed by atoms with Gasteiger partial charge in [-0.05, 0) is 79.9 Å². The second-order valence-electron chi connectivity index (χ2n) is 14.5. The monoisotopic (exact) mass is 629 g/mol. The molecule has 0 radical (unpaired) electrons. The molecule has 7 aromatic carbocycles. The highest BCUT2D eigenvalue weighted by molar-refractivity contribution is 5.97. The predicted molar refractivity (Wildman–Crippen MR) is 207 cm³/mol. The lowest BCUT2D eigenvalue weighted by molar-refractivity contribution is 0.660. The fourth-order valence-corrected chi connectivity index (χ4v) is 8.74. The summed E-state index contributed by atoms with van der Waals surface area (Å²) in [5, 5.41) is 0. The lowest BCUT2D eigenvalue weighted by Gasteiger charge is -2.32. The van der Waals surface area contributed by atoms with Crippen molar-refractivity contribution in [2.45, 2.75) is 38.5 Å². The van der Waals surface area contributed by atoms with Gasteiger partial charge in [0.1, 0.15) is 0 Å². The van der Waals surface area contributed by atoms with Crippen LogP contribution < -0.4 is 4.90 Å². The molecule has 2 aliphatic rings. The molecule has 49 heavy (non-hydrogen) atoms. The second-order valence-corrected chi connectivity index (χ2v) is 14.5. The van der Waals surface area contributed by atoms with Crippen LogP contribution in [-0.2, 0) is 10.8 Å². The number of hydrogen-bond donors (Lipinski definition) is 0. The van der Waals surface area contributed by atoms with Gasteiger partial charge in [0.25, 0.3) is 0 Å². The van der Waals surface area contributed by atoms with Crippen molar-refractivity contribution in [1.29, 1.82) is 0 Å². The maximum Gasteiger partial charge on any atom is 0.0540 e. The summed E-state index contributed by atoms with van der Waals surface area (Å²) >= 11 is 0. The van der Waals surface area contributed by atoms with Gasteiger partial charge in [-0.3, -0.25) is 0 Å². The van der Waals surface area contributed by atoms with Crippen molar-refractivity contribution in [3.05, 3.63) is 186 Å². The molecule has 0 unspecified atom stereocenters. The van der Waals surface area contributed by atoms with Crippen LogP contribution in [0.2, 0.25) is 0 Å². The first-order chi connectivity index (χ1) is 23.9. The summed E-state index contributed by atoms with van der Waals surface area (Å²) in [7, 11) is 0. The molecule has 7 aromatic rings. The molecule has 0 saturated heterocycles. The van der Waals surface area contributed by atoms with Gasteiger partial charge in [0.15, 0.2) is 0 Å². The molecule has 0 amide bonds. The van der Waals surface area contributed by atoms with E-state index in [0.717, 1.165) is 11.4 Å². The molecule has 2 aliphatic carbocycles. The molecule has 0 bridgehead atoms. The van der Waals surface area contributed by atoms with Crippen LogP contribution in [0.3, 0.4) is 0 Å². The van der Waals surface area contributed by atoms with Crippen molar-refractivity contribution < 1.29 is 0 Å². The number of rotatable bonds is 5. The highest BCUT2D eigenvalue weighted by atomic mass is 15.1. The van der Waals surface area contributed by atoms with E-state index in [1.165, 1.54) is 72.4 Å². The van der Waals surface area contributed by atoms with Crippen molar-refractivity contribution >= 4 is 17.1 Å². The third-order valence-corrected chi connectivity index (χ3v) is 11.1. The summed E-state index contributed by atoms with van der Waals surface area (Å²) in [5.74, 6) is 0. The standard InChI is InChI=1S/C48H39N/c1-47(2)41-25-12-8-20-35(41)37-30-29-33(31-43(37)47)49(44-27-14-10-19-34(44)32-17-6-5-7-18-32)45-28-15-11-22-38(45)40-24-16-23-39-36-21-9-13-26-42(36)48(3,4)46(39)40/h5-31H,1-4H3. The van der Waals surface area contributed by atoms with Crippen LogP contribution in [0.1, 0.15) is 49.9 Å². The number of para-hydroxylation sites is 2. The largest absolute Gasteiger partial charge is 0.309 e. The molecule has 0 aromatic heterocycles. The SMILES string of the molecule is CC1(C)c2ccccc2-c2ccc(N(c3ccccc3-c3ccccc3)c3ccccc3-c3cccc4c3C(C)(C)c3ccccc3-4)cc21. The van der Waals surface area contributed by atoms with E-state index in [1.54, 1.807) is 0 Å². The van der Waals surface area contributed by atoms with Gasteiger partial charge < -0.3 is 4.90 Å². The minimum Gasteiger partial charge on any atom is -0.309 e. The predicted octanol–water partition coefficient (Wildman–Crippen LogP) is 13.1. The van der Waals surface area contributed by atoms with E-state index in [2.05, 4.69) is 196 Å². The first-order valence-electron chi connectivity index (χ1n) is 17.4. The maximum absolute atomic E-state index is 2.51. The van der Waals surface area contributed by atoms with E-state index in [1.807, 2.05) is 0 Å². The molecule has 9 rings (SSSR count). The van der Waals surface area contributed by atoms with Gasteiger partial charge in [0.05, 0.1) is 11.4 Å². The van der Waals surface area contributed by atoms with Crippen LogP contribution in [0.4, 0.5) is 17.1 Å². The van der Waals surface area contributed by atoms with Gasteiger partial charge in [-0.2, -0.15) is 0 Å². The van der Waals surface area contributed by atoms with Crippen molar-refractivity contribution in [1.82, 2.24) is 0 Å². The van der Waals surface area contributed by atoms with Crippen molar-refractivity contribution in [3.63, 3.8) is 0 Å². The van der Waals surface area contributed by atoms with Gasteiger partial charge in [-0.1, -0.05) is 167 Å². The molecule has 0 saturated carbocycles. The molecule has 0 spiro atoms. The minimum absolute atomic E-state index is 0.109. The molecule has 1 nitrogen and oxygen atoms in total. The highest BCUT2D eigenvalue weighted by Gasteiger charge is 2.39. The molecule has 236 valence electrons. The average molecular weight is 630 g/mol. The molecule has 0 heterocycles. The van der Waals surface area contributed by atoms with Gasteiger partial charge in [0, 0.05) is 27.6 Å². The first kappa shape index (κ1) is 29.5. The number of hydrogen-bond acceptors (Lipinski definition) is 1. The van der Waals surface area contributed by atoms with Crippen LogP contribution in [0, 0.1) is 0 Å². The Hall–Kier alpha value is -5.66. The Kier molecular flexibility index (Phi) is 6.58. The van der Waals surface area contributed by atoms with Crippen molar-refractivity contribution in [2.24, 2.45) is 0 Å². The third kappa shape index (κ3) is 4.39. The molecule has 1 heteroatoms. The number of nitrogens with zero attached hydrogens (tertiary/aromatic N) is 1. The van der Waals surface area contributed by atoms with Gasteiger partial charge >= 0.3 is 0 Å². The highest BCUT2D eigenvalue weighted by Crippen LogP contribution is 2.55. The molecule has 0 N–H and O–H groups in total. The quantitative estimate of drug-likeness (QED) is 0.183. The van der Waals surface area contributed by atoms with E-state index in [0.29, 0.717) is 0 Å². The maximum atomic E-state index is 2.51. The van der Waals surface area contributed by atoms with E-state index in [9.17, 15) is 0 Å². The summed E-state index contributed by atoms with van der Waals surface area (Å²) in [4.78, 5) is 2.51. The summed E-state index contributed by atoms with van der Waals surface area (Å²) < 4.78 is 0. The lowest BCUT2D eigenvalue weighted by Crippen LogP contribution is -2.18. The van der Waals surface area contributed by atoms with Crippen molar-refractivity contribution in [3.8, 4) is 44.5 Å². The Bertz CT molecular complexity index is 2390. The van der Waals surface area contributed by atoms with E-state index >= 15 is 0 Å². The molecular formula is C48H39N. The zero-order valence-electron chi connectivity index (χ0n) is 28.5. The summed E-state index contributed by atoms with van der Waals surface area (Å²) in [6.45, 7) is 9.49. The fraction of sp³-hybridized carbons (Fsp3) is 0.125. The second kappa shape index (κ2) is 10.9. The van der Waals surface area contributed by atoms with Crippen LogP contribution >= 0.6 is 0 Å². The lowest BCUT2D eigenvalue weighted by atomic mass is 9.78. The van der Waals surface area contributed by atoms with Crippen LogP contribution in [-0.4, -0.2) is 0 Å². The summed E-state index contributed by atoms with van der Waals surface area (Å²) in [6.07, 6.45) is 0. The fourth-order valence-electron chi connectivity index (χ4n) is 8.74. The van der Waals surface area contributed by atoms with Gasteiger partial charge in [0.2, 0.25) is 0 Å². The molecule has 0 fully saturated rings. The Morgan fingerprint density at radius 1 is 0.347 bits per heavy atom. The number of anilines is 3. The van der Waals surface area contributed by atoms with Crippen LogP contribution in [0.5, 0.6) is 0 Å². The van der Waals surface area contributed by atoms with E-state index in [-0.39, 0.29) is 10.8 Å². The first-order valence-corrected chi connectivity index (χ1v) is 17.4. The smallest absolute Gasteiger partial charge is 0.0540 e. The normalized spacial score (nSPS) is 14.4. The molecular weight excluding hydrogens is 591 g/mol. The third-order valence-electron chi connectivity index (χ3n) is 11.1. The minimum atomic E-state index is -0.133. The Balaban J connectivity index is 1.31. The summed E-state index contributed by atoms with van der Waals surface area (Å²) in [5.41, 5.74) is 19.0. The Morgan fingerprint density at radius 2 is 0.816 bits per heavy atom.